The summed E-state index contributed by atoms with van der Waals surface area (Å²) in [5.41, 5.74) is 4.80. The van der Waals surface area contributed by atoms with Crippen molar-refractivity contribution in [2.24, 2.45) is 4.99 Å². The van der Waals surface area contributed by atoms with Gasteiger partial charge in [0.15, 0.2) is 11.4 Å². The summed E-state index contributed by atoms with van der Waals surface area (Å²) < 4.78 is 7.57. The molecule has 136 valence electrons. The Morgan fingerprint density at radius 1 is 1.33 bits per heavy atom. The van der Waals surface area contributed by atoms with Crippen molar-refractivity contribution < 1.29 is 9.53 Å². The van der Waals surface area contributed by atoms with Crippen molar-refractivity contribution in [1.29, 1.82) is 0 Å². The third-order valence-electron chi connectivity index (χ3n) is 4.24. The van der Waals surface area contributed by atoms with E-state index in [1.54, 1.807) is 11.3 Å². The Bertz CT molecular complexity index is 1090. The predicted molar refractivity (Wildman–Crippen MR) is 108 cm³/mol. The molecule has 0 bridgehead atoms. The molecule has 6 heteroatoms. The topological polar surface area (TPSA) is 55.6 Å². The molecule has 4 rings (SSSR count). The van der Waals surface area contributed by atoms with Gasteiger partial charge in [-0.2, -0.15) is 0 Å². The number of aryl methyl sites for hydroxylation is 1. The van der Waals surface area contributed by atoms with Crippen LogP contribution in [0.3, 0.4) is 0 Å². The zero-order valence-corrected chi connectivity index (χ0v) is 15.8. The number of rotatable bonds is 4. The monoisotopic (exact) mass is 377 g/mol. The van der Waals surface area contributed by atoms with E-state index in [9.17, 15) is 4.79 Å². The van der Waals surface area contributed by atoms with Gasteiger partial charge < -0.3 is 14.6 Å². The number of hydrogen-bond donors (Lipinski definition) is 1. The minimum absolute atomic E-state index is 0.0563. The van der Waals surface area contributed by atoms with Gasteiger partial charge in [0.25, 0.3) is 5.91 Å². The van der Waals surface area contributed by atoms with Crippen LogP contribution in [0.1, 0.15) is 5.56 Å². The van der Waals surface area contributed by atoms with Gasteiger partial charge in [0.1, 0.15) is 5.75 Å². The van der Waals surface area contributed by atoms with E-state index in [2.05, 4.69) is 40.9 Å². The number of ether oxygens (including phenoxy) is 1. The minimum atomic E-state index is -0.140. The number of thiazole rings is 1. The average Bonchev–Trinajstić information content (AvgIpc) is 3.04. The number of benzene rings is 2. The quantitative estimate of drug-likeness (QED) is 0.690. The molecular weight excluding hydrogens is 358 g/mol. The number of carbonyl (C=O) groups is 1. The third-order valence-corrected chi connectivity index (χ3v) is 5.11. The van der Waals surface area contributed by atoms with Crippen molar-refractivity contribution in [3.63, 3.8) is 0 Å². The van der Waals surface area contributed by atoms with E-state index in [1.807, 2.05) is 36.4 Å². The van der Waals surface area contributed by atoms with Crippen molar-refractivity contribution in [2.45, 2.75) is 13.5 Å². The van der Waals surface area contributed by atoms with Crippen LogP contribution in [0, 0.1) is 6.92 Å². The molecule has 2 heterocycles. The maximum Gasteiger partial charge on any atom is 0.262 e. The van der Waals surface area contributed by atoms with E-state index in [-0.39, 0.29) is 12.5 Å². The molecule has 1 aliphatic rings. The molecule has 1 amide bonds. The van der Waals surface area contributed by atoms with Gasteiger partial charge in [-0.1, -0.05) is 18.2 Å². The maximum atomic E-state index is 11.6. The molecule has 27 heavy (non-hydrogen) atoms. The highest BCUT2D eigenvalue weighted by molar-refractivity contribution is 7.07. The second-order valence-electron chi connectivity index (χ2n) is 6.30. The highest BCUT2D eigenvalue weighted by Crippen LogP contribution is 2.33. The molecule has 5 nitrogen and oxygen atoms in total. The maximum absolute atomic E-state index is 11.6. The summed E-state index contributed by atoms with van der Waals surface area (Å²) in [4.78, 5) is 17.3. The fourth-order valence-electron chi connectivity index (χ4n) is 3.01. The summed E-state index contributed by atoms with van der Waals surface area (Å²) in [5.74, 6) is 0.549. The Morgan fingerprint density at radius 2 is 2.22 bits per heavy atom. The molecule has 1 aliphatic heterocycles. The van der Waals surface area contributed by atoms with Crippen LogP contribution in [-0.4, -0.2) is 17.1 Å². The van der Waals surface area contributed by atoms with Crippen LogP contribution < -0.4 is 14.9 Å². The van der Waals surface area contributed by atoms with Gasteiger partial charge in [-0.05, 0) is 42.8 Å². The van der Waals surface area contributed by atoms with Gasteiger partial charge in [0, 0.05) is 17.5 Å². The molecular formula is C21H19N3O2S. The number of aromatic nitrogens is 1. The number of anilines is 1. The smallest absolute Gasteiger partial charge is 0.262 e. The van der Waals surface area contributed by atoms with Crippen molar-refractivity contribution in [3.05, 3.63) is 70.9 Å². The Hall–Kier alpha value is -3.12. The standard InChI is InChI=1S/C21H19N3O2S/c1-3-9-24-18(13-27-21(24)22-16-6-4-5-14(2)10-16)15-7-8-19-17(11-15)23-20(25)12-26-19/h3-8,10-11,13H,1,9,12H2,2H3,(H,23,25). The average molecular weight is 377 g/mol. The number of nitrogens with one attached hydrogen (secondary N) is 1. The van der Waals surface area contributed by atoms with Crippen molar-refractivity contribution in [2.75, 3.05) is 11.9 Å². The second-order valence-corrected chi connectivity index (χ2v) is 7.14. The van der Waals surface area contributed by atoms with Crippen LogP contribution in [0.15, 0.2) is 65.5 Å². The van der Waals surface area contributed by atoms with Crippen LogP contribution in [-0.2, 0) is 11.3 Å². The molecule has 0 atom stereocenters. The second kappa shape index (κ2) is 7.25. The van der Waals surface area contributed by atoms with Gasteiger partial charge in [0.05, 0.1) is 17.1 Å². The molecule has 2 aromatic carbocycles. The van der Waals surface area contributed by atoms with E-state index in [4.69, 9.17) is 9.73 Å². The first-order valence-electron chi connectivity index (χ1n) is 8.62. The number of allylic oxidation sites excluding steroid dienone is 1. The van der Waals surface area contributed by atoms with Crippen molar-refractivity contribution >= 4 is 28.6 Å². The van der Waals surface area contributed by atoms with Gasteiger partial charge in [-0.15, -0.1) is 17.9 Å². The zero-order valence-electron chi connectivity index (χ0n) is 14.9. The van der Waals surface area contributed by atoms with Crippen LogP contribution in [0.25, 0.3) is 11.3 Å². The zero-order chi connectivity index (χ0) is 18.8. The molecule has 0 radical (unpaired) electrons. The first kappa shape index (κ1) is 17.3. The molecule has 1 N–H and O–H groups in total. The lowest BCUT2D eigenvalue weighted by Gasteiger charge is -2.18. The summed E-state index contributed by atoms with van der Waals surface area (Å²) in [6, 6.07) is 13.9. The first-order valence-corrected chi connectivity index (χ1v) is 9.50. The van der Waals surface area contributed by atoms with Crippen LogP contribution in [0.4, 0.5) is 11.4 Å². The van der Waals surface area contributed by atoms with Crippen molar-refractivity contribution in [3.8, 4) is 17.0 Å². The summed E-state index contributed by atoms with van der Waals surface area (Å²) in [7, 11) is 0. The molecule has 0 unspecified atom stereocenters. The van der Waals surface area contributed by atoms with Gasteiger partial charge in [-0.3, -0.25) is 4.79 Å². The lowest BCUT2D eigenvalue weighted by molar-refractivity contribution is -0.118. The normalized spacial score (nSPS) is 13.7. The number of amides is 1. The summed E-state index contributed by atoms with van der Waals surface area (Å²) >= 11 is 1.58. The lowest BCUT2D eigenvalue weighted by atomic mass is 10.1. The molecule has 0 saturated heterocycles. The van der Waals surface area contributed by atoms with Crippen LogP contribution in [0.5, 0.6) is 5.75 Å². The largest absolute Gasteiger partial charge is 0.482 e. The van der Waals surface area contributed by atoms with E-state index in [0.717, 1.165) is 21.7 Å². The summed E-state index contributed by atoms with van der Waals surface area (Å²) in [5, 5.41) is 4.94. The molecule has 0 spiro atoms. The Balaban J connectivity index is 1.80. The number of carbonyl (C=O) groups excluding carboxylic acids is 1. The lowest BCUT2D eigenvalue weighted by Crippen LogP contribution is -2.25. The fraction of sp³-hybridized carbons (Fsp3) is 0.143. The molecule has 0 fully saturated rings. The van der Waals surface area contributed by atoms with E-state index >= 15 is 0 Å². The van der Waals surface area contributed by atoms with E-state index < -0.39 is 0 Å². The third kappa shape index (κ3) is 3.57. The number of fused-ring (bicyclic) bond motifs is 1. The molecule has 3 aromatic rings. The van der Waals surface area contributed by atoms with Gasteiger partial charge >= 0.3 is 0 Å². The Morgan fingerprint density at radius 3 is 3.04 bits per heavy atom. The Kier molecular flexibility index (Phi) is 4.64. The highest BCUT2D eigenvalue weighted by atomic mass is 32.1. The van der Waals surface area contributed by atoms with Gasteiger partial charge in [0.2, 0.25) is 0 Å². The fourth-order valence-corrected chi connectivity index (χ4v) is 3.94. The predicted octanol–water partition coefficient (Wildman–Crippen LogP) is 4.27. The van der Waals surface area contributed by atoms with E-state index in [0.29, 0.717) is 18.0 Å². The van der Waals surface area contributed by atoms with Crippen molar-refractivity contribution in [1.82, 2.24) is 4.57 Å². The SMILES string of the molecule is C=CCn1c(-c2ccc3c(c2)NC(=O)CO3)csc1=Nc1cccc(C)c1. The van der Waals surface area contributed by atoms with Crippen LogP contribution >= 0.6 is 11.3 Å². The van der Waals surface area contributed by atoms with Gasteiger partial charge in [-0.25, -0.2) is 4.99 Å². The van der Waals surface area contributed by atoms with E-state index in [1.165, 1.54) is 5.56 Å². The molecule has 0 saturated carbocycles. The van der Waals surface area contributed by atoms with Crippen LogP contribution in [0.2, 0.25) is 0 Å². The number of hydrogen-bond acceptors (Lipinski definition) is 4. The minimum Gasteiger partial charge on any atom is -0.482 e. The number of nitrogens with zero attached hydrogens (tertiary/aromatic N) is 2. The highest BCUT2D eigenvalue weighted by Gasteiger charge is 2.17. The summed E-state index contributed by atoms with van der Waals surface area (Å²) in [6.07, 6.45) is 1.86. The summed E-state index contributed by atoms with van der Waals surface area (Å²) in [6.45, 7) is 6.63. The molecule has 1 aromatic heterocycles. The Labute approximate surface area is 161 Å². The molecule has 0 aliphatic carbocycles. The first-order chi connectivity index (χ1) is 13.1.